The summed E-state index contributed by atoms with van der Waals surface area (Å²) in [5.74, 6) is 0.145. The summed E-state index contributed by atoms with van der Waals surface area (Å²) in [5, 5.41) is 11.1. The lowest BCUT2D eigenvalue weighted by atomic mass is 10.1. The number of aromatic hydroxyl groups is 1. The molecule has 0 aliphatic carbocycles. The summed E-state index contributed by atoms with van der Waals surface area (Å²) in [7, 11) is 0. The molecule has 0 unspecified atom stereocenters. The number of hydrogen-bond acceptors (Lipinski definition) is 4. The maximum Gasteiger partial charge on any atom is 0.219 e. The van der Waals surface area contributed by atoms with E-state index in [4.69, 9.17) is 15.7 Å². The molecule has 0 fully saturated rings. The van der Waals surface area contributed by atoms with Gasteiger partial charge in [-0.05, 0) is 16.7 Å². The van der Waals surface area contributed by atoms with E-state index in [0.29, 0.717) is 30.7 Å². The van der Waals surface area contributed by atoms with E-state index in [1.165, 1.54) is 0 Å². The third kappa shape index (κ3) is 3.98. The minimum absolute atomic E-state index is 0.145. The molecule has 3 N–H and O–H groups in total. The van der Waals surface area contributed by atoms with Crippen LogP contribution in [-0.2, 0) is 19.4 Å². The van der Waals surface area contributed by atoms with Gasteiger partial charge in [-0.1, -0.05) is 84.9 Å². The SMILES string of the molecule is NCc1cccc(Cc2nc3c(Cc4ccccc4)nc(-c4ccccc4)cn3c2O)c1. The van der Waals surface area contributed by atoms with Crippen molar-refractivity contribution in [3.63, 3.8) is 0 Å². The molecule has 0 aliphatic heterocycles. The Morgan fingerprint density at radius 1 is 0.719 bits per heavy atom. The predicted octanol–water partition coefficient (Wildman–Crippen LogP) is 4.74. The second kappa shape index (κ2) is 8.65. The fraction of sp³-hybridized carbons (Fsp3) is 0.111. The maximum absolute atomic E-state index is 11.1. The highest BCUT2D eigenvalue weighted by molar-refractivity contribution is 5.63. The summed E-state index contributed by atoms with van der Waals surface area (Å²) < 4.78 is 1.76. The van der Waals surface area contributed by atoms with Crippen molar-refractivity contribution in [2.45, 2.75) is 19.4 Å². The van der Waals surface area contributed by atoms with E-state index in [2.05, 4.69) is 18.2 Å². The van der Waals surface area contributed by atoms with Crippen LogP contribution in [0.1, 0.15) is 28.1 Å². The van der Waals surface area contributed by atoms with Crippen LogP contribution in [0, 0.1) is 0 Å². The number of rotatable bonds is 6. The summed E-state index contributed by atoms with van der Waals surface area (Å²) >= 11 is 0. The van der Waals surface area contributed by atoms with Crippen LogP contribution in [0.4, 0.5) is 0 Å². The third-order valence-corrected chi connectivity index (χ3v) is 5.60. The van der Waals surface area contributed by atoms with Gasteiger partial charge in [0.05, 0.1) is 11.4 Å². The van der Waals surface area contributed by atoms with Crippen LogP contribution in [0.5, 0.6) is 5.88 Å². The average Bonchev–Trinajstić information content (AvgIpc) is 3.16. The Hall–Kier alpha value is -3.96. The highest BCUT2D eigenvalue weighted by atomic mass is 16.3. The molecule has 5 aromatic rings. The van der Waals surface area contributed by atoms with Crippen molar-refractivity contribution in [2.24, 2.45) is 5.73 Å². The monoisotopic (exact) mass is 420 g/mol. The molecule has 2 aromatic heterocycles. The molecule has 0 saturated heterocycles. The van der Waals surface area contributed by atoms with E-state index in [9.17, 15) is 5.11 Å². The van der Waals surface area contributed by atoms with Gasteiger partial charge >= 0.3 is 0 Å². The Balaban J connectivity index is 1.63. The van der Waals surface area contributed by atoms with Gasteiger partial charge in [-0.25, -0.2) is 9.97 Å². The molecule has 5 rings (SSSR count). The Morgan fingerprint density at radius 2 is 1.38 bits per heavy atom. The van der Waals surface area contributed by atoms with Crippen LogP contribution in [0.2, 0.25) is 0 Å². The van der Waals surface area contributed by atoms with Crippen molar-refractivity contribution in [3.05, 3.63) is 119 Å². The van der Waals surface area contributed by atoms with Gasteiger partial charge < -0.3 is 10.8 Å². The van der Waals surface area contributed by atoms with Gasteiger partial charge in [0.2, 0.25) is 5.88 Å². The lowest BCUT2D eigenvalue weighted by molar-refractivity contribution is 0.442. The van der Waals surface area contributed by atoms with Crippen LogP contribution >= 0.6 is 0 Å². The number of fused-ring (bicyclic) bond motifs is 1. The van der Waals surface area contributed by atoms with Gasteiger partial charge in [0.15, 0.2) is 5.65 Å². The molecule has 158 valence electrons. The molecule has 0 atom stereocenters. The molecule has 0 amide bonds. The Kier molecular flexibility index (Phi) is 5.40. The van der Waals surface area contributed by atoms with E-state index < -0.39 is 0 Å². The first-order valence-electron chi connectivity index (χ1n) is 10.7. The van der Waals surface area contributed by atoms with E-state index in [1.807, 2.05) is 72.9 Å². The van der Waals surface area contributed by atoms with Crippen molar-refractivity contribution in [1.29, 1.82) is 0 Å². The minimum Gasteiger partial charge on any atom is -0.493 e. The average molecular weight is 421 g/mol. The van der Waals surface area contributed by atoms with Crippen molar-refractivity contribution < 1.29 is 5.11 Å². The Labute approximate surface area is 186 Å². The zero-order chi connectivity index (χ0) is 21.9. The zero-order valence-electron chi connectivity index (χ0n) is 17.6. The molecule has 0 spiro atoms. The summed E-state index contributed by atoms with van der Waals surface area (Å²) in [6.45, 7) is 0.483. The number of nitrogens with zero attached hydrogens (tertiary/aromatic N) is 3. The van der Waals surface area contributed by atoms with E-state index in [0.717, 1.165) is 33.6 Å². The fourth-order valence-corrected chi connectivity index (χ4v) is 3.98. The van der Waals surface area contributed by atoms with E-state index >= 15 is 0 Å². The molecule has 5 nitrogen and oxygen atoms in total. The lowest BCUT2D eigenvalue weighted by Crippen LogP contribution is -2.00. The van der Waals surface area contributed by atoms with E-state index in [1.54, 1.807) is 4.40 Å². The smallest absolute Gasteiger partial charge is 0.219 e. The van der Waals surface area contributed by atoms with Gasteiger partial charge in [0.1, 0.15) is 5.69 Å². The van der Waals surface area contributed by atoms with Crippen LogP contribution in [0.15, 0.2) is 91.1 Å². The summed E-state index contributed by atoms with van der Waals surface area (Å²) in [6, 6.07) is 28.3. The molecule has 32 heavy (non-hydrogen) atoms. The van der Waals surface area contributed by atoms with Crippen molar-refractivity contribution in [3.8, 4) is 17.1 Å². The first-order chi connectivity index (χ1) is 15.7. The van der Waals surface area contributed by atoms with Crippen LogP contribution < -0.4 is 5.73 Å². The van der Waals surface area contributed by atoms with Crippen LogP contribution in [-0.4, -0.2) is 19.5 Å². The van der Waals surface area contributed by atoms with Gasteiger partial charge in [-0.3, -0.25) is 4.40 Å². The second-order valence-corrected chi connectivity index (χ2v) is 7.88. The highest BCUT2D eigenvalue weighted by Crippen LogP contribution is 2.28. The van der Waals surface area contributed by atoms with E-state index in [-0.39, 0.29) is 5.88 Å². The van der Waals surface area contributed by atoms with Gasteiger partial charge in [-0.2, -0.15) is 0 Å². The molecular formula is C27H24N4O. The normalized spacial score (nSPS) is 11.2. The Morgan fingerprint density at radius 3 is 2.12 bits per heavy atom. The standard InChI is InChI=1S/C27H24N4O/c28-17-21-11-7-10-20(14-21)16-24-27(32)31-18-25(22-12-5-2-6-13-22)29-23(26(31)30-24)15-19-8-3-1-4-9-19/h1-14,18,32H,15-17,28H2. The fourth-order valence-electron chi connectivity index (χ4n) is 3.98. The predicted molar refractivity (Wildman–Crippen MR) is 126 cm³/mol. The summed E-state index contributed by atoms with van der Waals surface area (Å²) in [4.78, 5) is 9.76. The number of hydrogen-bond donors (Lipinski definition) is 2. The van der Waals surface area contributed by atoms with Crippen LogP contribution in [0.25, 0.3) is 16.9 Å². The molecule has 2 heterocycles. The van der Waals surface area contributed by atoms with Crippen LogP contribution in [0.3, 0.4) is 0 Å². The molecule has 0 bridgehead atoms. The number of aromatic nitrogens is 3. The Bertz CT molecular complexity index is 1360. The largest absolute Gasteiger partial charge is 0.493 e. The minimum atomic E-state index is 0.145. The summed E-state index contributed by atoms with van der Waals surface area (Å²) in [6.07, 6.45) is 3.01. The van der Waals surface area contributed by atoms with Gasteiger partial charge in [0, 0.05) is 31.1 Å². The molecule has 0 saturated carbocycles. The number of imidazole rings is 1. The first-order valence-corrected chi connectivity index (χ1v) is 10.7. The van der Waals surface area contributed by atoms with Gasteiger partial charge in [0.25, 0.3) is 0 Å². The topological polar surface area (TPSA) is 76.4 Å². The van der Waals surface area contributed by atoms with Gasteiger partial charge in [-0.15, -0.1) is 0 Å². The van der Waals surface area contributed by atoms with Crippen molar-refractivity contribution >= 4 is 5.65 Å². The molecule has 0 aliphatic rings. The first kappa shape index (κ1) is 20.0. The number of benzene rings is 3. The molecule has 5 heteroatoms. The lowest BCUT2D eigenvalue weighted by Gasteiger charge is -2.08. The third-order valence-electron chi connectivity index (χ3n) is 5.60. The second-order valence-electron chi connectivity index (χ2n) is 7.88. The molecule has 3 aromatic carbocycles. The quantitative estimate of drug-likeness (QED) is 0.416. The van der Waals surface area contributed by atoms with Crippen molar-refractivity contribution in [2.75, 3.05) is 0 Å². The highest BCUT2D eigenvalue weighted by Gasteiger charge is 2.18. The number of nitrogens with two attached hydrogens (primary N) is 1. The van der Waals surface area contributed by atoms with Crippen molar-refractivity contribution in [1.82, 2.24) is 14.4 Å². The molecular weight excluding hydrogens is 396 g/mol. The summed E-state index contributed by atoms with van der Waals surface area (Å²) in [5.41, 5.74) is 13.0. The zero-order valence-corrected chi connectivity index (χ0v) is 17.6. The maximum atomic E-state index is 11.1. The molecule has 0 radical (unpaired) electrons.